The van der Waals surface area contributed by atoms with Crippen molar-refractivity contribution in [3.8, 4) is 0 Å². The molecule has 1 aliphatic heterocycles. The van der Waals surface area contributed by atoms with Crippen molar-refractivity contribution >= 4 is 22.8 Å². The summed E-state index contributed by atoms with van der Waals surface area (Å²) < 4.78 is 0. The van der Waals surface area contributed by atoms with Gasteiger partial charge in [-0.2, -0.15) is 5.10 Å². The molecular weight excluding hydrogens is 258 g/mol. The third-order valence-electron chi connectivity index (χ3n) is 3.97. The number of nitrogens with one attached hydrogen (secondary N) is 1. The number of benzene rings is 1. The van der Waals surface area contributed by atoms with Crippen LogP contribution in [0.1, 0.15) is 23.7 Å². The van der Waals surface area contributed by atoms with E-state index in [9.17, 15) is 14.7 Å². The summed E-state index contributed by atoms with van der Waals surface area (Å²) in [6.45, 7) is 2.41. The first kappa shape index (κ1) is 12.7. The number of hydrogen-bond donors (Lipinski definition) is 2. The summed E-state index contributed by atoms with van der Waals surface area (Å²) in [7, 11) is 0. The molecule has 0 aliphatic carbocycles. The number of carboxylic acids is 1. The number of H-pyrrole nitrogens is 1. The molecule has 1 atom stereocenters. The van der Waals surface area contributed by atoms with Gasteiger partial charge in [0.25, 0.3) is 5.91 Å². The van der Waals surface area contributed by atoms with E-state index < -0.39 is 11.4 Å². The predicted octanol–water partition coefficient (Wildman–Crippen LogP) is 1.50. The van der Waals surface area contributed by atoms with E-state index in [1.54, 1.807) is 30.2 Å². The number of aromatic nitrogens is 2. The normalized spacial score (nSPS) is 22.4. The summed E-state index contributed by atoms with van der Waals surface area (Å²) in [5.74, 6) is -0.983. The molecule has 0 spiro atoms. The highest BCUT2D eigenvalue weighted by molar-refractivity contribution is 5.98. The highest BCUT2D eigenvalue weighted by atomic mass is 16.4. The maximum atomic E-state index is 12.4. The SMILES string of the molecule is CC1(C(=O)O)CCN(C(=O)c2ccc3cn[nH]c3c2)C1. The van der Waals surface area contributed by atoms with Crippen LogP contribution in [-0.2, 0) is 4.79 Å². The van der Waals surface area contributed by atoms with Crippen LogP contribution in [0.15, 0.2) is 24.4 Å². The number of aromatic amines is 1. The lowest BCUT2D eigenvalue weighted by atomic mass is 9.90. The monoisotopic (exact) mass is 273 g/mol. The van der Waals surface area contributed by atoms with Gasteiger partial charge in [0.05, 0.1) is 17.1 Å². The first-order chi connectivity index (χ1) is 9.49. The molecule has 3 rings (SSSR count). The highest BCUT2D eigenvalue weighted by Crippen LogP contribution is 2.31. The first-order valence-corrected chi connectivity index (χ1v) is 6.45. The molecule has 2 aromatic rings. The van der Waals surface area contributed by atoms with Crippen molar-refractivity contribution in [1.82, 2.24) is 15.1 Å². The molecule has 1 aliphatic rings. The van der Waals surface area contributed by atoms with E-state index in [0.717, 1.165) is 10.9 Å². The van der Waals surface area contributed by atoms with Crippen LogP contribution in [-0.4, -0.2) is 45.2 Å². The Balaban J connectivity index is 1.84. The molecule has 1 fully saturated rings. The summed E-state index contributed by atoms with van der Waals surface area (Å²) in [5, 5.41) is 16.9. The number of hydrogen-bond acceptors (Lipinski definition) is 3. The largest absolute Gasteiger partial charge is 0.481 e. The topological polar surface area (TPSA) is 86.3 Å². The Morgan fingerprint density at radius 3 is 2.95 bits per heavy atom. The summed E-state index contributed by atoms with van der Waals surface area (Å²) in [5.41, 5.74) is 0.515. The van der Waals surface area contributed by atoms with Gasteiger partial charge in [0.2, 0.25) is 0 Å². The molecule has 0 bridgehead atoms. The van der Waals surface area contributed by atoms with Gasteiger partial charge >= 0.3 is 5.97 Å². The molecule has 6 nitrogen and oxygen atoms in total. The second-order valence-electron chi connectivity index (χ2n) is 5.51. The van der Waals surface area contributed by atoms with E-state index in [4.69, 9.17) is 0 Å². The van der Waals surface area contributed by atoms with E-state index in [2.05, 4.69) is 10.2 Å². The Morgan fingerprint density at radius 1 is 1.45 bits per heavy atom. The molecule has 1 aromatic heterocycles. The number of carbonyl (C=O) groups is 2. The molecule has 1 saturated heterocycles. The van der Waals surface area contributed by atoms with E-state index in [1.807, 2.05) is 6.07 Å². The number of carbonyl (C=O) groups excluding carboxylic acids is 1. The maximum Gasteiger partial charge on any atom is 0.311 e. The Morgan fingerprint density at radius 2 is 2.25 bits per heavy atom. The fourth-order valence-electron chi connectivity index (χ4n) is 2.56. The van der Waals surface area contributed by atoms with Crippen LogP contribution < -0.4 is 0 Å². The molecule has 6 heteroatoms. The smallest absolute Gasteiger partial charge is 0.311 e. The minimum atomic E-state index is -0.850. The fourth-order valence-corrected chi connectivity index (χ4v) is 2.56. The van der Waals surface area contributed by atoms with Crippen LogP contribution in [0.25, 0.3) is 10.9 Å². The average Bonchev–Trinajstić information content (AvgIpc) is 3.04. The lowest BCUT2D eigenvalue weighted by Crippen LogP contribution is -2.34. The molecule has 0 radical (unpaired) electrons. The highest BCUT2D eigenvalue weighted by Gasteiger charge is 2.42. The van der Waals surface area contributed by atoms with Gasteiger partial charge in [-0.15, -0.1) is 0 Å². The molecule has 1 amide bonds. The van der Waals surface area contributed by atoms with Crippen molar-refractivity contribution in [3.63, 3.8) is 0 Å². The van der Waals surface area contributed by atoms with Crippen molar-refractivity contribution < 1.29 is 14.7 Å². The molecule has 0 saturated carbocycles. The molecule has 2 N–H and O–H groups in total. The van der Waals surface area contributed by atoms with E-state index in [1.165, 1.54) is 0 Å². The Bertz CT molecular complexity index is 694. The van der Waals surface area contributed by atoms with Gasteiger partial charge in [0.15, 0.2) is 0 Å². The molecule has 1 unspecified atom stereocenters. The summed E-state index contributed by atoms with van der Waals surface area (Å²) >= 11 is 0. The molecular formula is C14H15N3O3. The minimum Gasteiger partial charge on any atom is -0.481 e. The second-order valence-corrected chi connectivity index (χ2v) is 5.51. The third-order valence-corrected chi connectivity index (χ3v) is 3.97. The number of fused-ring (bicyclic) bond motifs is 1. The van der Waals surface area contributed by atoms with Crippen molar-refractivity contribution in [2.45, 2.75) is 13.3 Å². The predicted molar refractivity (Wildman–Crippen MR) is 72.4 cm³/mol. The van der Waals surface area contributed by atoms with Gasteiger partial charge < -0.3 is 10.0 Å². The van der Waals surface area contributed by atoms with Gasteiger partial charge in [0.1, 0.15) is 0 Å². The van der Waals surface area contributed by atoms with Crippen molar-refractivity contribution in [2.75, 3.05) is 13.1 Å². The quantitative estimate of drug-likeness (QED) is 0.868. The molecule has 104 valence electrons. The number of carboxylic acid groups (broad SMARTS) is 1. The minimum absolute atomic E-state index is 0.133. The maximum absolute atomic E-state index is 12.4. The fraction of sp³-hybridized carbons (Fsp3) is 0.357. The zero-order valence-corrected chi connectivity index (χ0v) is 11.1. The van der Waals surface area contributed by atoms with E-state index in [0.29, 0.717) is 18.5 Å². The lowest BCUT2D eigenvalue weighted by molar-refractivity contribution is -0.147. The van der Waals surface area contributed by atoms with Crippen LogP contribution in [0.2, 0.25) is 0 Å². The average molecular weight is 273 g/mol. The number of amides is 1. The van der Waals surface area contributed by atoms with E-state index >= 15 is 0 Å². The molecule has 2 heterocycles. The zero-order valence-electron chi connectivity index (χ0n) is 11.1. The van der Waals surface area contributed by atoms with Crippen LogP contribution in [0.5, 0.6) is 0 Å². The first-order valence-electron chi connectivity index (χ1n) is 6.45. The number of nitrogens with zero attached hydrogens (tertiary/aromatic N) is 2. The van der Waals surface area contributed by atoms with Gasteiger partial charge in [0, 0.05) is 24.0 Å². The summed E-state index contributed by atoms with van der Waals surface area (Å²) in [6, 6.07) is 5.33. The third kappa shape index (κ3) is 1.93. The Labute approximate surface area is 115 Å². The van der Waals surface area contributed by atoms with Gasteiger partial charge in [-0.3, -0.25) is 14.7 Å². The molecule has 20 heavy (non-hydrogen) atoms. The Hall–Kier alpha value is -2.37. The van der Waals surface area contributed by atoms with Gasteiger partial charge in [-0.05, 0) is 25.5 Å². The van der Waals surface area contributed by atoms with Crippen molar-refractivity contribution in [1.29, 1.82) is 0 Å². The number of aliphatic carboxylic acids is 1. The molecule has 1 aromatic carbocycles. The lowest BCUT2D eigenvalue weighted by Gasteiger charge is -2.20. The zero-order chi connectivity index (χ0) is 14.3. The van der Waals surface area contributed by atoms with E-state index in [-0.39, 0.29) is 12.5 Å². The summed E-state index contributed by atoms with van der Waals surface area (Å²) in [6.07, 6.45) is 2.18. The summed E-state index contributed by atoms with van der Waals surface area (Å²) in [4.78, 5) is 25.2. The number of rotatable bonds is 2. The van der Waals surface area contributed by atoms with Crippen LogP contribution in [0.4, 0.5) is 0 Å². The Kier molecular flexibility index (Phi) is 2.74. The van der Waals surface area contributed by atoms with Crippen molar-refractivity contribution in [2.24, 2.45) is 5.41 Å². The van der Waals surface area contributed by atoms with Crippen LogP contribution in [0, 0.1) is 5.41 Å². The van der Waals surface area contributed by atoms with Crippen LogP contribution >= 0.6 is 0 Å². The second kappa shape index (κ2) is 4.33. The number of likely N-dealkylation sites (tertiary alicyclic amines) is 1. The standard InChI is InChI=1S/C14H15N3O3/c1-14(13(19)20)4-5-17(8-14)12(18)9-2-3-10-7-15-16-11(10)6-9/h2-3,6-7H,4-5,8H2,1H3,(H,15,16)(H,19,20). The van der Waals surface area contributed by atoms with Gasteiger partial charge in [-0.25, -0.2) is 0 Å². The van der Waals surface area contributed by atoms with Gasteiger partial charge in [-0.1, -0.05) is 6.07 Å². The van der Waals surface area contributed by atoms with Crippen LogP contribution in [0.3, 0.4) is 0 Å². The van der Waals surface area contributed by atoms with Crippen molar-refractivity contribution in [3.05, 3.63) is 30.0 Å².